The van der Waals surface area contributed by atoms with Gasteiger partial charge in [0, 0.05) is 6.42 Å². The van der Waals surface area contributed by atoms with Gasteiger partial charge in [0.05, 0.1) is 18.3 Å². The van der Waals surface area contributed by atoms with Crippen molar-refractivity contribution in [2.45, 2.75) is 96.9 Å². The van der Waals surface area contributed by atoms with E-state index in [0.717, 1.165) is 38.5 Å². The Labute approximate surface area is 197 Å². The number of hydrogen-bond donors (Lipinski definition) is 5. The van der Waals surface area contributed by atoms with Crippen molar-refractivity contribution in [1.29, 1.82) is 0 Å². The third-order valence-electron chi connectivity index (χ3n) is 10.8. The monoisotopic (exact) mass is 465 g/mol. The maximum atomic E-state index is 12.0. The van der Waals surface area contributed by atoms with Crippen molar-refractivity contribution in [2.75, 3.05) is 6.54 Å². The molecule has 0 aromatic carbocycles. The van der Waals surface area contributed by atoms with Crippen LogP contribution in [0.25, 0.3) is 0 Å². The standard InChI is InChI=1S/C26H43NO6/c1-14(4-7-22(31)27-13-23(32)33)17-5-6-18-24-19(12-21(30)26(17,18)3)25(2)9-8-16(28)10-15(25)11-20(24)29/h14-21,24,28-30H,4-13H2,1-3H3,(H,27,31)(H,32,33)/t14-,15+,16-,17-,18?,19?,20?,21+,24?,25+,26-/m1/s1. The Kier molecular flexibility index (Phi) is 6.89. The van der Waals surface area contributed by atoms with Crippen LogP contribution in [0, 0.1) is 46.3 Å². The van der Waals surface area contributed by atoms with Gasteiger partial charge in [-0.25, -0.2) is 0 Å². The van der Waals surface area contributed by atoms with Gasteiger partial charge in [-0.15, -0.1) is 0 Å². The van der Waals surface area contributed by atoms with Crippen LogP contribution in [-0.4, -0.2) is 57.2 Å². The highest BCUT2D eigenvalue weighted by Gasteiger charge is 2.65. The third kappa shape index (κ3) is 4.23. The van der Waals surface area contributed by atoms with E-state index in [0.29, 0.717) is 25.2 Å². The van der Waals surface area contributed by atoms with Crippen LogP contribution in [-0.2, 0) is 9.59 Å². The first-order chi connectivity index (χ1) is 15.5. The topological polar surface area (TPSA) is 127 Å². The molecule has 0 saturated heterocycles. The zero-order chi connectivity index (χ0) is 24.1. The number of carbonyl (C=O) groups excluding carboxylic acids is 1. The predicted molar refractivity (Wildman–Crippen MR) is 123 cm³/mol. The van der Waals surface area contributed by atoms with Gasteiger partial charge in [0.2, 0.25) is 5.91 Å². The van der Waals surface area contributed by atoms with Crippen molar-refractivity contribution < 1.29 is 30.0 Å². The van der Waals surface area contributed by atoms with Gasteiger partial charge < -0.3 is 25.7 Å². The maximum absolute atomic E-state index is 12.0. The molecule has 4 aliphatic carbocycles. The van der Waals surface area contributed by atoms with Crippen LogP contribution >= 0.6 is 0 Å². The molecule has 0 aliphatic heterocycles. The van der Waals surface area contributed by atoms with Gasteiger partial charge in [-0.3, -0.25) is 9.59 Å². The zero-order valence-corrected chi connectivity index (χ0v) is 20.4. The molecule has 4 rings (SSSR count). The Morgan fingerprint density at radius 3 is 2.45 bits per heavy atom. The van der Waals surface area contributed by atoms with E-state index < -0.39 is 12.1 Å². The first kappa shape index (κ1) is 24.9. The molecule has 1 amide bonds. The number of fused-ring (bicyclic) bond motifs is 5. The summed E-state index contributed by atoms with van der Waals surface area (Å²) in [5.74, 6) is 0.265. The third-order valence-corrected chi connectivity index (χ3v) is 10.8. The van der Waals surface area contributed by atoms with E-state index in [1.165, 1.54) is 0 Å². The second-order valence-electron chi connectivity index (χ2n) is 12.2. The summed E-state index contributed by atoms with van der Waals surface area (Å²) in [7, 11) is 0. The van der Waals surface area contributed by atoms with E-state index in [1.807, 2.05) is 0 Å². The van der Waals surface area contributed by atoms with Gasteiger partial charge in [-0.1, -0.05) is 20.8 Å². The first-order valence-electron chi connectivity index (χ1n) is 13.0. The van der Waals surface area contributed by atoms with Crippen molar-refractivity contribution in [2.24, 2.45) is 46.3 Å². The molecule has 5 N–H and O–H groups in total. The largest absolute Gasteiger partial charge is 0.480 e. The number of amides is 1. The summed E-state index contributed by atoms with van der Waals surface area (Å²) in [6, 6.07) is 0. The summed E-state index contributed by atoms with van der Waals surface area (Å²) in [5, 5.41) is 44.4. The SMILES string of the molecule is C[C@H](CCC(=O)NCC(=O)O)[C@H]1CCC2C3C(O)C[C@@H]4C[C@H](O)CC[C@]4(C)C3C[C@H](O)[C@@]21C. The molecule has 4 aliphatic rings. The van der Waals surface area contributed by atoms with Crippen molar-refractivity contribution in [3.63, 3.8) is 0 Å². The van der Waals surface area contributed by atoms with Crippen LogP contribution < -0.4 is 5.32 Å². The lowest BCUT2D eigenvalue weighted by Crippen LogP contribution is -2.62. The molecule has 0 heterocycles. The minimum atomic E-state index is -1.04. The number of aliphatic hydroxyl groups excluding tert-OH is 3. The normalized spacial score (nSPS) is 47.7. The highest BCUT2D eigenvalue weighted by Crippen LogP contribution is 2.68. The fraction of sp³-hybridized carbons (Fsp3) is 0.923. The molecule has 4 fully saturated rings. The Hall–Kier alpha value is -1.18. The number of carboxylic acid groups (broad SMARTS) is 1. The number of carboxylic acids is 1. The van der Waals surface area contributed by atoms with E-state index >= 15 is 0 Å². The van der Waals surface area contributed by atoms with Gasteiger partial charge in [0.1, 0.15) is 6.54 Å². The summed E-state index contributed by atoms with van der Waals surface area (Å²) in [6.45, 7) is 6.35. The van der Waals surface area contributed by atoms with Crippen LogP contribution in [0.3, 0.4) is 0 Å². The molecule has 188 valence electrons. The molecule has 7 nitrogen and oxygen atoms in total. The summed E-state index contributed by atoms with van der Waals surface area (Å²) >= 11 is 0. The first-order valence-corrected chi connectivity index (χ1v) is 13.0. The lowest BCUT2D eigenvalue weighted by atomic mass is 9.43. The lowest BCUT2D eigenvalue weighted by Gasteiger charge is -2.63. The smallest absolute Gasteiger partial charge is 0.322 e. The highest BCUT2D eigenvalue weighted by molar-refractivity contribution is 5.81. The Morgan fingerprint density at radius 1 is 1.03 bits per heavy atom. The molecule has 11 atom stereocenters. The molecule has 4 saturated carbocycles. The zero-order valence-electron chi connectivity index (χ0n) is 20.4. The van der Waals surface area contributed by atoms with E-state index in [2.05, 4.69) is 26.1 Å². The number of aliphatic carboxylic acids is 1. The molecule has 0 bridgehead atoms. The van der Waals surface area contributed by atoms with Gasteiger partial charge in [0.25, 0.3) is 0 Å². The Bertz CT molecular complexity index is 759. The fourth-order valence-corrected chi connectivity index (χ4v) is 8.95. The maximum Gasteiger partial charge on any atom is 0.322 e. The van der Waals surface area contributed by atoms with Crippen molar-refractivity contribution in [3.8, 4) is 0 Å². The quantitative estimate of drug-likeness (QED) is 0.410. The average molecular weight is 466 g/mol. The number of hydrogen-bond acceptors (Lipinski definition) is 5. The Balaban J connectivity index is 1.49. The second kappa shape index (κ2) is 9.12. The summed E-state index contributed by atoms with van der Waals surface area (Å²) in [4.78, 5) is 22.7. The molecule has 0 radical (unpaired) electrons. The van der Waals surface area contributed by atoms with Crippen LogP contribution in [0.4, 0.5) is 0 Å². The van der Waals surface area contributed by atoms with Crippen LogP contribution in [0.2, 0.25) is 0 Å². The highest BCUT2D eigenvalue weighted by atomic mass is 16.4. The van der Waals surface area contributed by atoms with Crippen LogP contribution in [0.15, 0.2) is 0 Å². The minimum absolute atomic E-state index is 0.0668. The molecular formula is C26H43NO6. The van der Waals surface area contributed by atoms with Gasteiger partial charge in [0.15, 0.2) is 0 Å². The van der Waals surface area contributed by atoms with E-state index in [4.69, 9.17) is 5.11 Å². The van der Waals surface area contributed by atoms with Crippen LogP contribution in [0.1, 0.15) is 78.6 Å². The fourth-order valence-electron chi connectivity index (χ4n) is 8.95. The molecule has 4 unspecified atom stereocenters. The number of nitrogens with one attached hydrogen (secondary N) is 1. The van der Waals surface area contributed by atoms with Gasteiger partial charge >= 0.3 is 5.97 Å². The predicted octanol–water partition coefficient (Wildman–Crippen LogP) is 2.56. The Morgan fingerprint density at radius 2 is 1.76 bits per heavy atom. The van der Waals surface area contributed by atoms with Gasteiger partial charge in [-0.2, -0.15) is 0 Å². The summed E-state index contributed by atoms with van der Waals surface area (Å²) < 4.78 is 0. The van der Waals surface area contributed by atoms with Crippen molar-refractivity contribution >= 4 is 11.9 Å². The second-order valence-corrected chi connectivity index (χ2v) is 12.2. The van der Waals surface area contributed by atoms with E-state index in [9.17, 15) is 24.9 Å². The average Bonchev–Trinajstić information content (AvgIpc) is 3.11. The van der Waals surface area contributed by atoms with Crippen LogP contribution in [0.5, 0.6) is 0 Å². The summed E-state index contributed by atoms with van der Waals surface area (Å²) in [6.07, 6.45) is 5.86. The van der Waals surface area contributed by atoms with Crippen molar-refractivity contribution in [1.82, 2.24) is 5.32 Å². The molecule has 33 heavy (non-hydrogen) atoms. The van der Waals surface area contributed by atoms with Crippen molar-refractivity contribution in [3.05, 3.63) is 0 Å². The molecule has 0 aromatic heterocycles. The van der Waals surface area contributed by atoms with E-state index in [-0.39, 0.29) is 65.1 Å². The number of carbonyl (C=O) groups is 2. The van der Waals surface area contributed by atoms with E-state index in [1.54, 1.807) is 0 Å². The molecule has 0 spiro atoms. The lowest BCUT2D eigenvalue weighted by molar-refractivity contribution is -0.207. The number of rotatable bonds is 6. The van der Waals surface area contributed by atoms with Gasteiger partial charge in [-0.05, 0) is 97.7 Å². The molecule has 0 aromatic rings. The minimum Gasteiger partial charge on any atom is -0.480 e. The number of aliphatic hydroxyl groups is 3. The molecular weight excluding hydrogens is 422 g/mol. The summed E-state index contributed by atoms with van der Waals surface area (Å²) in [5.41, 5.74) is -0.214. The molecule has 7 heteroatoms.